The van der Waals surface area contributed by atoms with Crippen molar-refractivity contribution < 1.29 is 19.4 Å². The van der Waals surface area contributed by atoms with Crippen molar-refractivity contribution in [2.24, 2.45) is 0 Å². The average Bonchev–Trinajstić information content (AvgIpc) is 2.39. The number of pyridine rings is 1. The van der Waals surface area contributed by atoms with Gasteiger partial charge in [-0.2, -0.15) is 0 Å². The number of aryl methyl sites for hydroxylation is 1. The number of likely N-dealkylation sites (N-methyl/N-ethyl adjacent to an activating group) is 1. The predicted octanol–water partition coefficient (Wildman–Crippen LogP) is 0.763. The Kier molecular flexibility index (Phi) is 3.80. The summed E-state index contributed by atoms with van der Waals surface area (Å²) in [7, 11) is 0. The number of aliphatic carboxylic acids is 1. The number of carbonyl (C=O) groups excluding carboxylic acids is 1. The number of hydrogen-bond donors (Lipinski definition) is 1. The Morgan fingerprint density at radius 1 is 1.58 bits per heavy atom. The van der Waals surface area contributed by atoms with Crippen LogP contribution >= 0.6 is 0 Å². The fourth-order valence-corrected chi connectivity index (χ4v) is 2.20. The highest BCUT2D eigenvalue weighted by Crippen LogP contribution is 2.29. The van der Waals surface area contributed by atoms with Crippen LogP contribution in [0.2, 0.25) is 0 Å². The van der Waals surface area contributed by atoms with Crippen LogP contribution in [0, 0.1) is 6.92 Å². The normalized spacial score (nSPS) is 23.5. The molecule has 1 saturated heterocycles. The van der Waals surface area contributed by atoms with Crippen LogP contribution in [0.15, 0.2) is 18.3 Å². The second kappa shape index (κ2) is 5.36. The molecule has 1 aromatic rings. The van der Waals surface area contributed by atoms with E-state index in [0.717, 1.165) is 5.56 Å². The number of carbonyl (C=O) groups is 2. The van der Waals surface area contributed by atoms with Gasteiger partial charge >= 0.3 is 5.97 Å². The quantitative estimate of drug-likeness (QED) is 0.872. The molecule has 6 heteroatoms. The molecule has 0 saturated carbocycles. The van der Waals surface area contributed by atoms with Gasteiger partial charge in [0.15, 0.2) is 6.10 Å². The molecular weight excluding hydrogens is 248 g/mol. The molecule has 0 aromatic carbocycles. The molecule has 0 spiro atoms. The number of ether oxygens (including phenoxy) is 1. The lowest BCUT2D eigenvalue weighted by Gasteiger charge is -2.38. The number of amides is 1. The van der Waals surface area contributed by atoms with Crippen molar-refractivity contribution in [3.8, 4) is 0 Å². The number of hydrogen-bond acceptors (Lipinski definition) is 4. The fourth-order valence-electron chi connectivity index (χ4n) is 2.20. The van der Waals surface area contributed by atoms with Gasteiger partial charge in [0.2, 0.25) is 5.91 Å². The lowest BCUT2D eigenvalue weighted by molar-refractivity contribution is -0.173. The number of aromatic nitrogens is 1. The molecule has 1 aromatic heterocycles. The van der Waals surface area contributed by atoms with Crippen LogP contribution in [0.25, 0.3) is 0 Å². The zero-order valence-corrected chi connectivity index (χ0v) is 10.9. The number of morpholine rings is 1. The third-order valence-corrected chi connectivity index (χ3v) is 3.15. The number of rotatable bonds is 3. The van der Waals surface area contributed by atoms with E-state index in [1.54, 1.807) is 12.3 Å². The Morgan fingerprint density at radius 2 is 2.32 bits per heavy atom. The van der Waals surface area contributed by atoms with Gasteiger partial charge in [0.05, 0.1) is 5.69 Å². The maximum atomic E-state index is 11.8. The van der Waals surface area contributed by atoms with Gasteiger partial charge < -0.3 is 14.7 Å². The molecule has 2 unspecified atom stereocenters. The second-order valence-corrected chi connectivity index (χ2v) is 4.45. The molecule has 1 aliphatic heterocycles. The smallest absolute Gasteiger partial charge is 0.335 e. The summed E-state index contributed by atoms with van der Waals surface area (Å²) in [6.07, 6.45) is 0.578. The molecule has 0 radical (unpaired) electrons. The van der Waals surface area contributed by atoms with Crippen molar-refractivity contribution in [2.45, 2.75) is 26.0 Å². The zero-order chi connectivity index (χ0) is 14.0. The molecule has 0 bridgehead atoms. The Balaban J connectivity index is 2.40. The largest absolute Gasteiger partial charge is 0.479 e. The van der Waals surface area contributed by atoms with Gasteiger partial charge in [-0.1, -0.05) is 6.07 Å². The molecule has 2 heterocycles. The monoisotopic (exact) mass is 264 g/mol. The van der Waals surface area contributed by atoms with E-state index in [1.165, 1.54) is 4.90 Å². The van der Waals surface area contributed by atoms with Crippen LogP contribution in [-0.4, -0.2) is 46.1 Å². The summed E-state index contributed by atoms with van der Waals surface area (Å²) in [4.78, 5) is 28.8. The fraction of sp³-hybridized carbons (Fsp3) is 0.462. The summed E-state index contributed by atoms with van der Waals surface area (Å²) in [5.74, 6) is -1.30. The highest BCUT2D eigenvalue weighted by Gasteiger charge is 2.41. The minimum absolute atomic E-state index is 0.201. The van der Waals surface area contributed by atoms with Crippen molar-refractivity contribution in [1.29, 1.82) is 0 Å². The molecule has 2 rings (SSSR count). The Bertz CT molecular complexity index is 484. The van der Waals surface area contributed by atoms with Crippen LogP contribution in [0.3, 0.4) is 0 Å². The van der Waals surface area contributed by atoms with E-state index in [0.29, 0.717) is 12.2 Å². The van der Waals surface area contributed by atoms with Crippen LogP contribution in [0.4, 0.5) is 0 Å². The van der Waals surface area contributed by atoms with Crippen molar-refractivity contribution in [3.63, 3.8) is 0 Å². The third-order valence-electron chi connectivity index (χ3n) is 3.15. The van der Waals surface area contributed by atoms with Gasteiger partial charge in [-0.25, -0.2) is 4.79 Å². The minimum atomic E-state index is -1.08. The summed E-state index contributed by atoms with van der Waals surface area (Å²) < 4.78 is 5.15. The summed E-state index contributed by atoms with van der Waals surface area (Å²) in [5, 5.41) is 9.23. The second-order valence-electron chi connectivity index (χ2n) is 4.45. The summed E-state index contributed by atoms with van der Waals surface area (Å²) >= 11 is 0. The van der Waals surface area contributed by atoms with E-state index in [2.05, 4.69) is 4.98 Å². The molecule has 0 aliphatic carbocycles. The van der Waals surface area contributed by atoms with Gasteiger partial charge in [-0.15, -0.1) is 0 Å². The first-order valence-corrected chi connectivity index (χ1v) is 6.11. The van der Waals surface area contributed by atoms with E-state index in [9.17, 15) is 14.7 Å². The predicted molar refractivity (Wildman–Crippen MR) is 66.5 cm³/mol. The molecule has 2 atom stereocenters. The first-order chi connectivity index (χ1) is 9.04. The van der Waals surface area contributed by atoms with Gasteiger partial charge in [0.25, 0.3) is 0 Å². The summed E-state index contributed by atoms with van der Waals surface area (Å²) in [6.45, 7) is 3.92. The molecule has 1 aliphatic rings. The molecule has 102 valence electrons. The van der Waals surface area contributed by atoms with Crippen LogP contribution in [-0.2, 0) is 14.3 Å². The van der Waals surface area contributed by atoms with Crippen LogP contribution in [0.5, 0.6) is 0 Å². The molecule has 6 nitrogen and oxygen atoms in total. The highest BCUT2D eigenvalue weighted by atomic mass is 16.5. The zero-order valence-electron chi connectivity index (χ0n) is 10.9. The van der Waals surface area contributed by atoms with E-state index in [1.807, 2.05) is 19.9 Å². The van der Waals surface area contributed by atoms with Crippen molar-refractivity contribution in [1.82, 2.24) is 9.88 Å². The Labute approximate surface area is 111 Å². The minimum Gasteiger partial charge on any atom is -0.479 e. The van der Waals surface area contributed by atoms with Gasteiger partial charge in [0.1, 0.15) is 12.6 Å². The van der Waals surface area contributed by atoms with Crippen molar-refractivity contribution in [3.05, 3.63) is 29.6 Å². The van der Waals surface area contributed by atoms with Crippen molar-refractivity contribution in [2.75, 3.05) is 13.2 Å². The SMILES string of the molecule is CCN1C(=O)COC(C(=O)O)C1c1ccc(C)cn1. The highest BCUT2D eigenvalue weighted by molar-refractivity contribution is 5.82. The Hall–Kier alpha value is -1.95. The van der Waals surface area contributed by atoms with E-state index in [4.69, 9.17) is 4.74 Å². The maximum Gasteiger partial charge on any atom is 0.335 e. The van der Waals surface area contributed by atoms with Crippen molar-refractivity contribution >= 4 is 11.9 Å². The Morgan fingerprint density at radius 3 is 2.84 bits per heavy atom. The van der Waals surface area contributed by atoms with E-state index >= 15 is 0 Å². The van der Waals surface area contributed by atoms with Crippen LogP contribution in [0.1, 0.15) is 24.2 Å². The summed E-state index contributed by atoms with van der Waals surface area (Å²) in [6, 6.07) is 2.90. The maximum absolute atomic E-state index is 11.8. The van der Waals surface area contributed by atoms with Gasteiger partial charge in [-0.05, 0) is 25.5 Å². The van der Waals surface area contributed by atoms with E-state index < -0.39 is 18.1 Å². The van der Waals surface area contributed by atoms with Gasteiger partial charge in [-0.3, -0.25) is 9.78 Å². The average molecular weight is 264 g/mol. The number of carboxylic acid groups (broad SMARTS) is 1. The first-order valence-electron chi connectivity index (χ1n) is 6.11. The molecule has 1 fully saturated rings. The van der Waals surface area contributed by atoms with E-state index in [-0.39, 0.29) is 12.5 Å². The number of carboxylic acids is 1. The number of nitrogens with zero attached hydrogens (tertiary/aromatic N) is 2. The lowest BCUT2D eigenvalue weighted by atomic mass is 10.0. The lowest BCUT2D eigenvalue weighted by Crippen LogP contribution is -2.51. The topological polar surface area (TPSA) is 79.7 Å². The summed E-state index contributed by atoms with van der Waals surface area (Å²) in [5.41, 5.74) is 1.51. The van der Waals surface area contributed by atoms with Gasteiger partial charge in [0, 0.05) is 12.7 Å². The molecule has 19 heavy (non-hydrogen) atoms. The standard InChI is InChI=1S/C13H16N2O4/c1-3-15-10(16)7-19-12(13(17)18)11(15)9-5-4-8(2)6-14-9/h4-6,11-12H,3,7H2,1-2H3,(H,17,18). The van der Waals surface area contributed by atoms with Crippen LogP contribution < -0.4 is 0 Å². The molecule has 1 amide bonds. The third kappa shape index (κ3) is 2.58. The molecule has 1 N–H and O–H groups in total. The first kappa shape index (κ1) is 13.5. The molecular formula is C13H16N2O4.